The molecular weight excluding hydrogens is 331 g/mol. The monoisotopic (exact) mass is 342 g/mol. The number of halogens is 2. The van der Waals surface area contributed by atoms with Gasteiger partial charge in [0.1, 0.15) is 12.4 Å². The molecule has 2 amide bonds. The molecule has 2 rings (SSSR count). The predicted octanol–water partition coefficient (Wildman–Crippen LogP) is 1.60. The van der Waals surface area contributed by atoms with Crippen LogP contribution in [0.3, 0.4) is 0 Å². The second-order valence-corrected chi connectivity index (χ2v) is 5.27. The maximum absolute atomic E-state index is 13.6. The van der Waals surface area contributed by atoms with E-state index >= 15 is 0 Å². The van der Waals surface area contributed by atoms with Crippen LogP contribution in [0.25, 0.3) is 0 Å². The Morgan fingerprint density at radius 2 is 2.05 bits per heavy atom. The molecule has 0 spiro atoms. The minimum atomic E-state index is -0.810. The van der Waals surface area contributed by atoms with Crippen molar-refractivity contribution in [2.45, 2.75) is 6.92 Å². The summed E-state index contributed by atoms with van der Waals surface area (Å²) in [6.45, 7) is 2.00. The number of hydrogen-bond donors (Lipinski definition) is 0. The zero-order valence-corrected chi connectivity index (χ0v) is 12.5. The number of nitrogens with zero attached hydrogens (tertiary/aromatic N) is 2. The number of benzene rings is 1. The largest absolute Gasteiger partial charge is 0.344 e. The van der Waals surface area contributed by atoms with Crippen LogP contribution in [0.1, 0.15) is 17.3 Å². The average Bonchev–Trinajstić information content (AvgIpc) is 2.64. The Morgan fingerprint density at radius 3 is 2.65 bits per heavy atom. The van der Waals surface area contributed by atoms with Crippen molar-refractivity contribution < 1.29 is 18.8 Å². The molecule has 0 N–H and O–H groups in total. The van der Waals surface area contributed by atoms with Crippen LogP contribution >= 0.6 is 15.9 Å². The Labute approximate surface area is 123 Å². The molecule has 1 aliphatic heterocycles. The Kier molecular flexibility index (Phi) is 3.89. The number of carbonyl (C=O) groups excluding carboxylic acids is 3. The zero-order valence-electron chi connectivity index (χ0n) is 10.9. The minimum Gasteiger partial charge on any atom is -0.344 e. The van der Waals surface area contributed by atoms with Crippen molar-refractivity contribution in [3.63, 3.8) is 0 Å². The van der Waals surface area contributed by atoms with Gasteiger partial charge in [0, 0.05) is 13.6 Å². The smallest absolute Gasteiger partial charge is 0.299 e. The standard InChI is InChI=1S/C13H12BrFN2O3/c1-3-16(2)11(18)6-17-10-5-9(15)8(14)4-7(10)12(19)13(17)20/h4-5H,3,6H2,1-2H3. The van der Waals surface area contributed by atoms with Crippen molar-refractivity contribution in [1.82, 2.24) is 4.90 Å². The van der Waals surface area contributed by atoms with E-state index in [1.807, 2.05) is 0 Å². The highest BCUT2D eigenvalue weighted by molar-refractivity contribution is 9.10. The molecule has 0 radical (unpaired) electrons. The van der Waals surface area contributed by atoms with Crippen LogP contribution in [0.15, 0.2) is 16.6 Å². The van der Waals surface area contributed by atoms with Crippen LogP contribution in [0.2, 0.25) is 0 Å². The number of carbonyl (C=O) groups is 3. The SMILES string of the molecule is CCN(C)C(=O)CN1C(=O)C(=O)c2cc(Br)c(F)cc21. The molecule has 0 saturated heterocycles. The molecule has 0 saturated carbocycles. The number of fused-ring (bicyclic) bond motifs is 1. The lowest BCUT2D eigenvalue weighted by Gasteiger charge is -2.20. The number of Topliss-reactive ketones (excluding diaryl/α,β-unsaturated/α-hetero) is 1. The van der Waals surface area contributed by atoms with E-state index in [-0.39, 0.29) is 28.2 Å². The van der Waals surface area contributed by atoms with Gasteiger partial charge in [0.05, 0.1) is 15.7 Å². The first-order valence-corrected chi connectivity index (χ1v) is 6.75. The molecule has 1 aromatic rings. The minimum absolute atomic E-state index is 0.107. The van der Waals surface area contributed by atoms with Gasteiger partial charge in [-0.2, -0.15) is 0 Å². The van der Waals surface area contributed by atoms with Crippen molar-refractivity contribution >= 4 is 39.2 Å². The summed E-state index contributed by atoms with van der Waals surface area (Å²) in [4.78, 5) is 38.0. The molecular formula is C13H12BrFN2O3. The summed E-state index contributed by atoms with van der Waals surface area (Å²) in [6.07, 6.45) is 0. The summed E-state index contributed by atoms with van der Waals surface area (Å²) in [6, 6.07) is 2.35. The first kappa shape index (κ1) is 14.6. The first-order valence-electron chi connectivity index (χ1n) is 5.96. The molecule has 0 atom stereocenters. The van der Waals surface area contributed by atoms with Crippen molar-refractivity contribution in [2.75, 3.05) is 25.0 Å². The van der Waals surface area contributed by atoms with Crippen molar-refractivity contribution in [3.05, 3.63) is 28.0 Å². The topological polar surface area (TPSA) is 57.7 Å². The van der Waals surface area contributed by atoms with E-state index in [4.69, 9.17) is 0 Å². The second-order valence-electron chi connectivity index (χ2n) is 4.41. The van der Waals surface area contributed by atoms with Crippen molar-refractivity contribution in [2.24, 2.45) is 0 Å². The van der Waals surface area contributed by atoms with Crippen LogP contribution in [-0.4, -0.2) is 42.6 Å². The van der Waals surface area contributed by atoms with E-state index in [2.05, 4.69) is 15.9 Å². The van der Waals surface area contributed by atoms with Gasteiger partial charge in [-0.1, -0.05) is 0 Å². The third-order valence-corrected chi connectivity index (χ3v) is 3.81. The Hall–Kier alpha value is -1.76. The molecule has 7 heteroatoms. The number of hydrogen-bond acceptors (Lipinski definition) is 3. The quantitative estimate of drug-likeness (QED) is 0.784. The van der Waals surface area contributed by atoms with Crippen LogP contribution in [0.4, 0.5) is 10.1 Å². The lowest BCUT2D eigenvalue weighted by molar-refractivity contribution is -0.129. The lowest BCUT2D eigenvalue weighted by atomic mass is 10.1. The number of amides is 2. The molecule has 1 aromatic carbocycles. The van der Waals surface area contributed by atoms with E-state index in [0.717, 1.165) is 11.0 Å². The number of likely N-dealkylation sites (N-methyl/N-ethyl adjacent to an activating group) is 1. The second kappa shape index (κ2) is 5.32. The third kappa shape index (κ3) is 2.33. The highest BCUT2D eigenvalue weighted by Gasteiger charge is 2.38. The number of ketones is 1. The van der Waals surface area contributed by atoms with Gasteiger partial charge in [-0.25, -0.2) is 4.39 Å². The predicted molar refractivity (Wildman–Crippen MR) is 74.1 cm³/mol. The van der Waals surface area contributed by atoms with Crippen LogP contribution in [0.5, 0.6) is 0 Å². The molecule has 1 aliphatic rings. The Bertz CT molecular complexity index is 618. The molecule has 0 unspecified atom stereocenters. The highest BCUT2D eigenvalue weighted by Crippen LogP contribution is 2.33. The van der Waals surface area contributed by atoms with Gasteiger partial charge in [-0.05, 0) is 35.0 Å². The van der Waals surface area contributed by atoms with E-state index in [1.54, 1.807) is 14.0 Å². The van der Waals surface area contributed by atoms with Crippen molar-refractivity contribution in [3.8, 4) is 0 Å². The molecule has 0 bridgehead atoms. The fraction of sp³-hybridized carbons (Fsp3) is 0.308. The fourth-order valence-corrected chi connectivity index (χ4v) is 2.22. The van der Waals surface area contributed by atoms with Gasteiger partial charge >= 0.3 is 0 Å². The lowest BCUT2D eigenvalue weighted by Crippen LogP contribution is -2.40. The molecule has 20 heavy (non-hydrogen) atoms. The molecule has 0 fully saturated rings. The van der Waals surface area contributed by atoms with Crippen LogP contribution in [0, 0.1) is 5.82 Å². The van der Waals surface area contributed by atoms with Gasteiger partial charge in [0.2, 0.25) is 5.91 Å². The maximum atomic E-state index is 13.6. The van der Waals surface area contributed by atoms with Crippen molar-refractivity contribution in [1.29, 1.82) is 0 Å². The highest BCUT2D eigenvalue weighted by atomic mass is 79.9. The molecule has 1 heterocycles. The summed E-state index contributed by atoms with van der Waals surface area (Å²) in [5.41, 5.74) is 0.244. The van der Waals surface area contributed by atoms with Gasteiger partial charge in [-0.3, -0.25) is 19.3 Å². The molecule has 0 aliphatic carbocycles. The van der Waals surface area contributed by atoms with Gasteiger partial charge in [-0.15, -0.1) is 0 Å². The summed E-state index contributed by atoms with van der Waals surface area (Å²) in [5.74, 6) is -2.44. The Balaban J connectivity index is 2.38. The summed E-state index contributed by atoms with van der Waals surface area (Å²) >= 11 is 2.97. The van der Waals surface area contributed by atoms with Crippen LogP contribution < -0.4 is 4.90 Å². The zero-order chi connectivity index (χ0) is 15.0. The van der Waals surface area contributed by atoms with E-state index in [9.17, 15) is 18.8 Å². The van der Waals surface area contributed by atoms with Crippen LogP contribution in [-0.2, 0) is 9.59 Å². The van der Waals surface area contributed by atoms with E-state index in [0.29, 0.717) is 6.54 Å². The number of anilines is 1. The average molecular weight is 343 g/mol. The fourth-order valence-electron chi connectivity index (χ4n) is 1.88. The van der Waals surface area contributed by atoms with Gasteiger partial charge in [0.25, 0.3) is 11.7 Å². The Morgan fingerprint density at radius 1 is 1.40 bits per heavy atom. The molecule has 5 nitrogen and oxygen atoms in total. The molecule has 106 valence electrons. The number of rotatable bonds is 3. The summed E-state index contributed by atoms with van der Waals surface area (Å²) < 4.78 is 13.7. The van der Waals surface area contributed by atoms with Gasteiger partial charge < -0.3 is 4.90 Å². The third-order valence-electron chi connectivity index (χ3n) is 3.21. The van der Waals surface area contributed by atoms with Gasteiger partial charge in [0.15, 0.2) is 0 Å². The van der Waals surface area contributed by atoms with E-state index in [1.165, 1.54) is 11.0 Å². The normalized spacial score (nSPS) is 13.7. The molecule has 0 aromatic heterocycles. The summed E-state index contributed by atoms with van der Waals surface area (Å²) in [7, 11) is 1.59. The maximum Gasteiger partial charge on any atom is 0.299 e. The van der Waals surface area contributed by atoms with E-state index < -0.39 is 17.5 Å². The summed E-state index contributed by atoms with van der Waals surface area (Å²) in [5, 5.41) is 0. The first-order chi connectivity index (χ1) is 9.36.